The molecule has 0 aromatic rings. The SMILES string of the molecule is CC1(C2=CNNC(N)=C2)CC1. The van der Waals surface area contributed by atoms with Gasteiger partial charge >= 0.3 is 0 Å². The normalized spacial score (nSPS) is 25.9. The summed E-state index contributed by atoms with van der Waals surface area (Å²) in [7, 11) is 0. The van der Waals surface area contributed by atoms with E-state index in [4.69, 9.17) is 5.73 Å². The summed E-state index contributed by atoms with van der Waals surface area (Å²) in [6, 6.07) is 0. The molecule has 3 nitrogen and oxygen atoms in total. The van der Waals surface area contributed by atoms with Crippen LogP contribution in [0.15, 0.2) is 23.7 Å². The summed E-state index contributed by atoms with van der Waals surface area (Å²) in [6.07, 6.45) is 6.56. The van der Waals surface area contributed by atoms with Crippen molar-refractivity contribution in [2.24, 2.45) is 11.1 Å². The van der Waals surface area contributed by atoms with Crippen LogP contribution in [0.25, 0.3) is 0 Å². The lowest BCUT2D eigenvalue weighted by molar-refractivity contribution is 0.639. The highest BCUT2D eigenvalue weighted by atomic mass is 15.4. The predicted molar refractivity (Wildman–Crippen MR) is 44.0 cm³/mol. The highest BCUT2D eigenvalue weighted by Crippen LogP contribution is 2.51. The molecule has 11 heavy (non-hydrogen) atoms. The van der Waals surface area contributed by atoms with Crippen LogP contribution in [0.5, 0.6) is 0 Å². The number of allylic oxidation sites excluding steroid dienone is 2. The number of rotatable bonds is 1. The van der Waals surface area contributed by atoms with Gasteiger partial charge in [-0.15, -0.1) is 0 Å². The maximum Gasteiger partial charge on any atom is 0.115 e. The van der Waals surface area contributed by atoms with E-state index in [1.54, 1.807) is 0 Å². The van der Waals surface area contributed by atoms with E-state index in [1.165, 1.54) is 18.4 Å². The van der Waals surface area contributed by atoms with E-state index in [9.17, 15) is 0 Å². The smallest absolute Gasteiger partial charge is 0.115 e. The Morgan fingerprint density at radius 2 is 2.27 bits per heavy atom. The quantitative estimate of drug-likeness (QED) is 0.513. The minimum atomic E-state index is 0.402. The van der Waals surface area contributed by atoms with Crippen molar-refractivity contribution in [2.75, 3.05) is 0 Å². The van der Waals surface area contributed by atoms with Crippen LogP contribution in [0, 0.1) is 5.41 Å². The highest BCUT2D eigenvalue weighted by Gasteiger charge is 2.40. The van der Waals surface area contributed by atoms with Gasteiger partial charge in [0.1, 0.15) is 5.82 Å². The molecule has 2 aliphatic rings. The van der Waals surface area contributed by atoms with Gasteiger partial charge in [-0.1, -0.05) is 6.92 Å². The molecule has 1 heterocycles. The van der Waals surface area contributed by atoms with E-state index >= 15 is 0 Å². The molecule has 1 aliphatic carbocycles. The first-order valence-electron chi connectivity index (χ1n) is 3.90. The van der Waals surface area contributed by atoms with E-state index in [2.05, 4.69) is 17.8 Å². The average Bonchev–Trinajstić information content (AvgIpc) is 2.70. The first-order chi connectivity index (χ1) is 5.21. The fraction of sp³-hybridized carbons (Fsp3) is 0.500. The molecule has 0 bridgehead atoms. The Hall–Kier alpha value is -1.12. The molecule has 0 aromatic heterocycles. The van der Waals surface area contributed by atoms with E-state index in [0.717, 1.165) is 0 Å². The van der Waals surface area contributed by atoms with Gasteiger partial charge in [0.2, 0.25) is 0 Å². The van der Waals surface area contributed by atoms with Gasteiger partial charge in [0.25, 0.3) is 0 Å². The van der Waals surface area contributed by atoms with Crippen LogP contribution < -0.4 is 16.6 Å². The molecular weight excluding hydrogens is 138 g/mol. The van der Waals surface area contributed by atoms with E-state index in [1.807, 2.05) is 12.3 Å². The van der Waals surface area contributed by atoms with Crippen LogP contribution in [0.4, 0.5) is 0 Å². The fourth-order valence-electron chi connectivity index (χ4n) is 1.27. The number of hydrogen-bond acceptors (Lipinski definition) is 3. The molecule has 3 heteroatoms. The third-order valence-electron chi connectivity index (χ3n) is 2.45. The van der Waals surface area contributed by atoms with Crippen molar-refractivity contribution in [3.8, 4) is 0 Å². The Kier molecular flexibility index (Phi) is 1.16. The Morgan fingerprint density at radius 3 is 2.82 bits per heavy atom. The molecular formula is C8H13N3. The number of nitrogens with one attached hydrogen (secondary N) is 2. The summed E-state index contributed by atoms with van der Waals surface area (Å²) < 4.78 is 0. The van der Waals surface area contributed by atoms with Crippen LogP contribution in [0.2, 0.25) is 0 Å². The van der Waals surface area contributed by atoms with Crippen LogP contribution in [0.1, 0.15) is 19.8 Å². The summed E-state index contributed by atoms with van der Waals surface area (Å²) in [6.45, 7) is 2.26. The third-order valence-corrected chi connectivity index (χ3v) is 2.45. The zero-order valence-corrected chi connectivity index (χ0v) is 6.65. The van der Waals surface area contributed by atoms with Crippen LogP contribution in [0.3, 0.4) is 0 Å². The van der Waals surface area contributed by atoms with E-state index in [-0.39, 0.29) is 0 Å². The van der Waals surface area contributed by atoms with Crippen LogP contribution >= 0.6 is 0 Å². The molecule has 1 aliphatic heterocycles. The molecule has 4 N–H and O–H groups in total. The van der Waals surface area contributed by atoms with Gasteiger partial charge in [0, 0.05) is 6.20 Å². The number of hydrogen-bond donors (Lipinski definition) is 3. The first kappa shape index (κ1) is 6.58. The molecule has 0 saturated heterocycles. The molecule has 1 saturated carbocycles. The zero-order chi connectivity index (χ0) is 7.90. The van der Waals surface area contributed by atoms with E-state index in [0.29, 0.717) is 11.2 Å². The molecule has 1 fully saturated rings. The van der Waals surface area contributed by atoms with Crippen molar-refractivity contribution >= 4 is 0 Å². The molecule has 0 aromatic carbocycles. The Bertz CT molecular complexity index is 236. The third kappa shape index (κ3) is 1.06. The van der Waals surface area contributed by atoms with Crippen molar-refractivity contribution in [2.45, 2.75) is 19.8 Å². The van der Waals surface area contributed by atoms with Gasteiger partial charge in [-0.05, 0) is 29.9 Å². The van der Waals surface area contributed by atoms with Crippen molar-refractivity contribution in [3.05, 3.63) is 23.7 Å². The second-order valence-electron chi connectivity index (χ2n) is 3.53. The lowest BCUT2D eigenvalue weighted by Crippen LogP contribution is -2.34. The maximum absolute atomic E-state index is 5.60. The summed E-state index contributed by atoms with van der Waals surface area (Å²) in [5.41, 5.74) is 13.1. The Labute approximate surface area is 66.3 Å². The Morgan fingerprint density at radius 1 is 1.55 bits per heavy atom. The topological polar surface area (TPSA) is 50.1 Å². The summed E-state index contributed by atoms with van der Waals surface area (Å²) >= 11 is 0. The van der Waals surface area contributed by atoms with Crippen LogP contribution in [-0.4, -0.2) is 0 Å². The second kappa shape index (κ2) is 1.94. The summed E-state index contributed by atoms with van der Waals surface area (Å²) in [4.78, 5) is 0. The zero-order valence-electron chi connectivity index (χ0n) is 6.65. The Balaban J connectivity index is 2.20. The number of hydrazine groups is 1. The average molecular weight is 151 g/mol. The van der Waals surface area contributed by atoms with Gasteiger partial charge in [-0.3, -0.25) is 5.43 Å². The minimum absolute atomic E-state index is 0.402. The molecule has 60 valence electrons. The summed E-state index contributed by atoms with van der Waals surface area (Å²) in [5, 5.41) is 0. The van der Waals surface area contributed by atoms with Gasteiger partial charge in [0.05, 0.1) is 0 Å². The van der Waals surface area contributed by atoms with Crippen LogP contribution in [-0.2, 0) is 0 Å². The molecule has 0 amide bonds. The number of nitrogens with two attached hydrogens (primary N) is 1. The van der Waals surface area contributed by atoms with Gasteiger partial charge < -0.3 is 11.2 Å². The first-order valence-corrected chi connectivity index (χ1v) is 3.90. The summed E-state index contributed by atoms with van der Waals surface area (Å²) in [5.74, 6) is 0.704. The van der Waals surface area contributed by atoms with Gasteiger partial charge in [0.15, 0.2) is 0 Å². The monoisotopic (exact) mass is 151 g/mol. The van der Waals surface area contributed by atoms with Gasteiger partial charge in [-0.25, -0.2) is 0 Å². The lowest BCUT2D eigenvalue weighted by Gasteiger charge is -2.18. The van der Waals surface area contributed by atoms with Gasteiger partial charge in [-0.2, -0.15) is 0 Å². The molecule has 0 spiro atoms. The van der Waals surface area contributed by atoms with E-state index < -0.39 is 0 Å². The molecule has 0 radical (unpaired) electrons. The predicted octanol–water partition coefficient (Wildman–Crippen LogP) is 0.578. The lowest BCUT2D eigenvalue weighted by atomic mass is 9.98. The standard InChI is InChI=1S/C8H13N3/c1-8(2-3-8)6-4-7(9)11-10-5-6/h4-5,10-11H,2-3,9H2,1H3. The molecule has 0 atom stereocenters. The van der Waals surface area contributed by atoms with Crippen molar-refractivity contribution in [1.82, 2.24) is 10.9 Å². The largest absolute Gasteiger partial charge is 0.384 e. The highest BCUT2D eigenvalue weighted by molar-refractivity contribution is 5.33. The van der Waals surface area contributed by atoms with Crippen molar-refractivity contribution in [3.63, 3.8) is 0 Å². The maximum atomic E-state index is 5.60. The van der Waals surface area contributed by atoms with Crippen molar-refractivity contribution in [1.29, 1.82) is 0 Å². The fourth-order valence-corrected chi connectivity index (χ4v) is 1.27. The minimum Gasteiger partial charge on any atom is -0.384 e. The molecule has 2 rings (SSSR count). The van der Waals surface area contributed by atoms with Crippen molar-refractivity contribution < 1.29 is 0 Å². The molecule has 0 unspecified atom stereocenters. The second-order valence-corrected chi connectivity index (χ2v) is 3.53.